The van der Waals surface area contributed by atoms with Crippen LogP contribution in [0.25, 0.3) is 116 Å². The molecule has 0 aromatic carbocycles. The maximum absolute atomic E-state index is 13.3. The Hall–Kier alpha value is -14.9. The molecule has 6 fully saturated rings. The molecule has 0 radical (unpaired) electrons. The summed E-state index contributed by atoms with van der Waals surface area (Å²) < 4.78 is 114. The molecule has 0 spiro atoms. The van der Waals surface area contributed by atoms with Crippen LogP contribution in [0.15, 0.2) is 160 Å². The number of hydrogen-bond acceptors (Lipinski definition) is 25. The molecule has 0 amide bonds. The first-order chi connectivity index (χ1) is 66.0. The van der Waals surface area contributed by atoms with Gasteiger partial charge in [-0.05, 0) is 113 Å². The smallest absolute Gasteiger partial charge is 0.213 e. The van der Waals surface area contributed by atoms with Crippen LogP contribution in [-0.4, -0.2) is 259 Å². The number of pyridine rings is 5. The largest absolute Gasteiger partial charge is 0.346 e. The van der Waals surface area contributed by atoms with Crippen molar-refractivity contribution in [3.05, 3.63) is 188 Å². The summed E-state index contributed by atoms with van der Waals surface area (Å²) in [6.07, 6.45) is 37.7. The van der Waals surface area contributed by atoms with Gasteiger partial charge >= 0.3 is 0 Å². The van der Waals surface area contributed by atoms with E-state index in [0.29, 0.717) is 59.9 Å². The van der Waals surface area contributed by atoms with Gasteiger partial charge in [0.25, 0.3) is 0 Å². The van der Waals surface area contributed by atoms with Crippen LogP contribution in [0.4, 0.5) is 5.69 Å². The highest BCUT2D eigenvalue weighted by molar-refractivity contribution is 7.99. The van der Waals surface area contributed by atoms with Crippen molar-refractivity contribution in [3.63, 3.8) is 0 Å². The molecule has 5 saturated heterocycles. The van der Waals surface area contributed by atoms with Gasteiger partial charge in [-0.15, -0.1) is 0 Å². The third kappa shape index (κ3) is 16.9. The Morgan fingerprint density at radius 2 is 0.717 bits per heavy atom. The van der Waals surface area contributed by atoms with E-state index in [1.807, 2.05) is 97.8 Å². The number of hydrogen-bond donors (Lipinski definition) is 5. The predicted octanol–water partition coefficient (Wildman–Crippen LogP) is 9.85. The number of nitrogens with one attached hydrogen (secondary N) is 5. The lowest BCUT2D eigenvalue weighted by Gasteiger charge is -2.51. The molecule has 15 aromatic rings. The second-order valence-corrected chi connectivity index (χ2v) is 47.6. The summed E-state index contributed by atoms with van der Waals surface area (Å²) in [5.41, 5.74) is 11.2. The number of sulfonamides is 3. The standard InChI is InChI=1S/C21H21N7OS.C18H17N7O2S.C18H17N7OS.C18H20N6O2S.C17H18N6O2S/c1-20(4-5-20)30(2,29)27-13-21(14-27,6-7-22)28-12-16(11-26-28)18-15(9-23)10-25-19-17(18)3-8-24-19;1-3-28(26,27)24-11-18(12-24,5-6-19)25-10-13(8-23-25)16-14-4-7-21-17(14)22-9-15(16)20-2;1-27(2,26)24-11-18(12-24,4-5-19)25-10-14(9-23-25)16-13(7-20)8-22-17-15(16)3-6-21-17;1-3-27(25,26)23-11-18(12-23,6-7-19)24-10-16(13(2)22-24)14-4-8-20-17-15(14)5-9-21-17;1-2-26(24,25)22-11-17(12-22,5-6-18)23-10-13(9-21-23)14-3-7-19-16-15(14)4-8-20-16/h3,8,10-12H,2,4-6,13-14H2,1H3,(H,24,25);4,7-10H,3,5,11-12H2,1H3,(H,21,22);3,6,8-10H,1,4,11-12H2,2H3,(H,21,22);4-5,8-10H,3,6,11-12H2,1-2H3,(H,20,21);3-4,7-10H,2,5,11-12H2,1H3,(H,19,20). The highest BCUT2D eigenvalue weighted by atomic mass is 32.2. The van der Waals surface area contributed by atoms with Gasteiger partial charge in [-0.2, -0.15) is 75.2 Å². The number of nitriles is 7. The minimum absolute atomic E-state index is 0.0246. The maximum Gasteiger partial charge on any atom is 0.213 e. The van der Waals surface area contributed by atoms with Crippen LogP contribution in [0.5, 0.6) is 0 Å². The van der Waals surface area contributed by atoms with Crippen molar-refractivity contribution in [1.29, 1.82) is 36.8 Å². The van der Waals surface area contributed by atoms with Crippen molar-refractivity contribution < 1.29 is 33.7 Å². The summed E-state index contributed by atoms with van der Waals surface area (Å²) in [5, 5.41) is 92.7. The molecule has 1 aliphatic carbocycles. The van der Waals surface area contributed by atoms with Crippen LogP contribution in [0.1, 0.15) is 89.5 Å². The van der Waals surface area contributed by atoms with Gasteiger partial charge < -0.3 is 24.9 Å². The normalized spacial score (nSPS) is 18.1. The Labute approximate surface area is 795 Å². The molecular weight excluding hydrogens is 1860 g/mol. The molecule has 15 aromatic heterocycles. The van der Waals surface area contributed by atoms with Gasteiger partial charge in [0.15, 0.2) is 0 Å². The first-order valence-corrected chi connectivity index (χ1v) is 52.3. The fourth-order valence-corrected chi connectivity index (χ4v) is 25.3. The molecule has 704 valence electrons. The summed E-state index contributed by atoms with van der Waals surface area (Å²) in [6, 6.07) is 28.8. The van der Waals surface area contributed by atoms with Crippen LogP contribution in [0.3, 0.4) is 0 Å². The van der Waals surface area contributed by atoms with Gasteiger partial charge in [-0.3, -0.25) is 36.8 Å². The lowest BCUT2D eigenvalue weighted by atomic mass is 9.89. The summed E-state index contributed by atoms with van der Waals surface area (Å²) in [6.45, 7) is 19.6. The van der Waals surface area contributed by atoms with Gasteiger partial charge in [0.2, 0.25) is 35.8 Å². The molecule has 21 rings (SSSR count). The quantitative estimate of drug-likeness (QED) is 0.0277. The van der Waals surface area contributed by atoms with Crippen LogP contribution in [-0.2, 0) is 77.2 Å². The third-order valence-electron chi connectivity index (χ3n) is 26.9. The van der Waals surface area contributed by atoms with Crippen LogP contribution < -0.4 is 0 Å². The number of H-pyrrole nitrogens is 5. The molecule has 1 saturated carbocycles. The Kier molecular flexibility index (Phi) is 25.0. The van der Waals surface area contributed by atoms with Crippen molar-refractivity contribution >= 4 is 122 Å². The molecule has 2 unspecified atom stereocenters. The molecule has 5 N–H and O–H groups in total. The molecule has 46 heteroatoms. The Balaban J connectivity index is 0.000000119. The van der Waals surface area contributed by atoms with Gasteiger partial charge in [0, 0.05) is 260 Å². The zero-order valence-corrected chi connectivity index (χ0v) is 80.0. The molecule has 0 bridgehead atoms. The number of aryl methyl sites for hydroxylation is 1. The first kappa shape index (κ1) is 94.9. The summed E-state index contributed by atoms with van der Waals surface area (Å²) in [4.78, 5) is 40.3. The van der Waals surface area contributed by atoms with Crippen LogP contribution in [0, 0.1) is 92.8 Å². The molecule has 20 heterocycles. The molecule has 5 aliphatic heterocycles. The van der Waals surface area contributed by atoms with Gasteiger partial charge in [0.1, 0.15) is 68.1 Å². The van der Waals surface area contributed by atoms with E-state index in [2.05, 4.69) is 134 Å². The molecule has 6 aliphatic rings. The van der Waals surface area contributed by atoms with E-state index in [-0.39, 0.29) is 93.4 Å². The van der Waals surface area contributed by atoms with E-state index in [4.69, 9.17) is 6.57 Å². The average Bonchev–Trinajstić information content (AvgIpc) is 1.53. The van der Waals surface area contributed by atoms with Gasteiger partial charge in [0.05, 0.1) is 128 Å². The molecular formula is C92H93N33O8S5. The fourth-order valence-electron chi connectivity index (χ4n) is 18.3. The van der Waals surface area contributed by atoms with E-state index in [0.717, 1.165) is 112 Å². The van der Waals surface area contributed by atoms with Crippen LogP contribution in [0.2, 0.25) is 0 Å². The predicted molar refractivity (Wildman–Crippen MR) is 518 cm³/mol. The van der Waals surface area contributed by atoms with Crippen molar-refractivity contribution in [2.75, 3.05) is 89.0 Å². The molecule has 138 heavy (non-hydrogen) atoms. The summed E-state index contributed by atoms with van der Waals surface area (Å²) >= 11 is 0. The number of aromatic amines is 5. The number of nitrogens with zero attached hydrogens (tertiary/aromatic N) is 28. The topological polar surface area (TPSA) is 556 Å². The van der Waals surface area contributed by atoms with E-state index < -0.39 is 77.2 Å². The SMILES string of the molecule is C=S(=O)(N1CC(CC#N)(n2cc(-c3c(C#N)cnc4[nH]ccc34)cn2)C1)C1(C)CC1.C=S(C)(=O)N1CC(CC#N)(n2cc(-c3c(C#N)cnc4[nH]ccc34)cn2)C1.CCS(=O)(=O)N1CC(CC#N)(n2cc(-c3ccnc4[nH]ccc34)c(C)n2)C1.CCS(=O)(=O)N1CC(CC#N)(n2cc(-c3ccnc4[nH]ccc34)cn2)C1.[C-]#[N+]c1cnc2[nH]ccc2c1-c1cnn(C2(CC#N)CN(S(=O)(=O)CC)C2)c1. The first-order valence-electron chi connectivity index (χ1n) is 43.7. The van der Waals surface area contributed by atoms with Crippen molar-refractivity contribution in [2.24, 2.45) is 0 Å². The zero-order chi connectivity index (χ0) is 97.9. The van der Waals surface area contributed by atoms with Gasteiger partial charge in [-0.1, -0.05) is 0 Å². The van der Waals surface area contributed by atoms with Crippen molar-refractivity contribution in [2.45, 2.75) is 112 Å². The maximum atomic E-state index is 13.3. The number of rotatable bonds is 24. The van der Waals surface area contributed by atoms with E-state index >= 15 is 0 Å². The van der Waals surface area contributed by atoms with E-state index in [9.17, 15) is 70.5 Å². The van der Waals surface area contributed by atoms with E-state index in [1.165, 1.54) is 25.3 Å². The Morgan fingerprint density at radius 1 is 0.399 bits per heavy atom. The highest BCUT2D eigenvalue weighted by Gasteiger charge is 2.57. The fraction of sp³-hybridized carbons (Fsp3) is 0.348. The minimum Gasteiger partial charge on any atom is -0.346 e. The Morgan fingerprint density at radius 3 is 1.08 bits per heavy atom. The average molecular weight is 1950 g/mol. The summed E-state index contributed by atoms with van der Waals surface area (Å²) in [5.74, 6) is 7.89. The minimum atomic E-state index is -3.31. The highest BCUT2D eigenvalue weighted by Crippen LogP contribution is 2.50. The van der Waals surface area contributed by atoms with Gasteiger partial charge in [-0.25, -0.2) is 58.6 Å². The summed E-state index contributed by atoms with van der Waals surface area (Å²) in [7, 11) is -14.5. The Bertz CT molecular complexity index is 8280. The zero-order valence-electron chi connectivity index (χ0n) is 75.9. The molecule has 41 nitrogen and oxygen atoms in total. The van der Waals surface area contributed by atoms with Crippen molar-refractivity contribution in [3.8, 4) is 98.1 Å². The number of aromatic nitrogens is 20. The van der Waals surface area contributed by atoms with Crippen molar-refractivity contribution in [1.82, 2.24) is 120 Å². The third-order valence-corrected chi connectivity index (χ3v) is 36.6. The monoisotopic (exact) mass is 1950 g/mol. The second-order valence-electron chi connectivity index (χ2n) is 35.6. The van der Waals surface area contributed by atoms with Crippen LogP contribution >= 0.6 is 0 Å². The lowest BCUT2D eigenvalue weighted by molar-refractivity contribution is 0.0716. The van der Waals surface area contributed by atoms with E-state index in [1.54, 1.807) is 123 Å². The second kappa shape index (κ2) is 36.3. The lowest BCUT2D eigenvalue weighted by Crippen LogP contribution is -2.65. The number of fused-ring (bicyclic) bond motifs is 5. The molecule has 2 atom stereocenters.